The molecule has 2 fully saturated rings. The number of amides is 1. The first-order chi connectivity index (χ1) is 10.3. The summed E-state index contributed by atoms with van der Waals surface area (Å²) in [6.07, 6.45) is 4.11. The average molecular weight is 309 g/mol. The van der Waals surface area contributed by atoms with Crippen molar-refractivity contribution in [2.24, 2.45) is 5.92 Å². The summed E-state index contributed by atoms with van der Waals surface area (Å²) in [6, 6.07) is 4.15. The molecule has 0 spiro atoms. The number of nitrogens with zero attached hydrogens (tertiary/aromatic N) is 1. The van der Waals surface area contributed by atoms with Crippen molar-refractivity contribution in [3.8, 4) is 0 Å². The number of hydrogen-bond acceptors (Lipinski definition) is 4. The van der Waals surface area contributed by atoms with Gasteiger partial charge in [0.05, 0.1) is 12.6 Å². The number of carbonyl (C=O) groups is 1. The third-order valence-corrected chi connectivity index (χ3v) is 5.12. The lowest BCUT2D eigenvalue weighted by atomic mass is 9.98. The smallest absolute Gasteiger partial charge is 0.226 e. The van der Waals surface area contributed by atoms with Crippen LogP contribution < -0.4 is 0 Å². The van der Waals surface area contributed by atoms with E-state index in [4.69, 9.17) is 9.47 Å². The molecule has 1 unspecified atom stereocenters. The van der Waals surface area contributed by atoms with Crippen molar-refractivity contribution in [2.45, 2.75) is 38.3 Å². The molecule has 2 saturated heterocycles. The van der Waals surface area contributed by atoms with Gasteiger partial charge in [0.25, 0.3) is 0 Å². The van der Waals surface area contributed by atoms with Crippen molar-refractivity contribution >= 4 is 17.2 Å². The summed E-state index contributed by atoms with van der Waals surface area (Å²) in [4.78, 5) is 16.1. The maximum Gasteiger partial charge on any atom is 0.226 e. The second kappa shape index (κ2) is 7.38. The Morgan fingerprint density at radius 3 is 2.81 bits per heavy atom. The van der Waals surface area contributed by atoms with Gasteiger partial charge < -0.3 is 14.4 Å². The van der Waals surface area contributed by atoms with E-state index in [1.54, 1.807) is 11.3 Å². The van der Waals surface area contributed by atoms with Crippen molar-refractivity contribution < 1.29 is 14.3 Å². The number of rotatable bonds is 5. The van der Waals surface area contributed by atoms with Crippen LogP contribution in [0.15, 0.2) is 17.5 Å². The van der Waals surface area contributed by atoms with Crippen LogP contribution in [-0.2, 0) is 20.8 Å². The molecule has 3 heterocycles. The molecule has 0 aromatic carbocycles. The van der Waals surface area contributed by atoms with Crippen LogP contribution in [0.2, 0.25) is 0 Å². The molecule has 4 nitrogen and oxygen atoms in total. The molecule has 3 rings (SSSR count). The minimum absolute atomic E-state index is 0.125. The van der Waals surface area contributed by atoms with Crippen LogP contribution in [0.1, 0.15) is 30.6 Å². The van der Waals surface area contributed by atoms with Gasteiger partial charge in [-0.2, -0.15) is 0 Å². The van der Waals surface area contributed by atoms with Crippen LogP contribution in [0, 0.1) is 5.92 Å². The molecule has 1 amide bonds. The molecular formula is C16H23NO3S. The molecule has 0 saturated carbocycles. The molecule has 5 heteroatoms. The van der Waals surface area contributed by atoms with E-state index in [2.05, 4.69) is 11.4 Å². The first-order valence-electron chi connectivity index (χ1n) is 7.83. The highest BCUT2D eigenvalue weighted by molar-refractivity contribution is 7.09. The van der Waals surface area contributed by atoms with Gasteiger partial charge in [0, 0.05) is 37.2 Å². The van der Waals surface area contributed by atoms with Gasteiger partial charge in [-0.3, -0.25) is 4.79 Å². The molecule has 21 heavy (non-hydrogen) atoms. The molecule has 1 aromatic rings. The van der Waals surface area contributed by atoms with E-state index in [1.807, 2.05) is 11.0 Å². The molecule has 2 aliphatic rings. The molecule has 1 aromatic heterocycles. The van der Waals surface area contributed by atoms with E-state index in [0.717, 1.165) is 38.8 Å². The summed E-state index contributed by atoms with van der Waals surface area (Å²) in [7, 11) is 0. The van der Waals surface area contributed by atoms with E-state index in [9.17, 15) is 4.79 Å². The summed E-state index contributed by atoms with van der Waals surface area (Å²) in [5, 5.41) is 2.07. The zero-order chi connectivity index (χ0) is 14.5. The predicted octanol–water partition coefficient (Wildman–Crippen LogP) is 2.68. The topological polar surface area (TPSA) is 38.8 Å². The van der Waals surface area contributed by atoms with E-state index in [-0.39, 0.29) is 17.9 Å². The molecule has 0 bridgehead atoms. The van der Waals surface area contributed by atoms with Gasteiger partial charge in [0.2, 0.25) is 5.91 Å². The van der Waals surface area contributed by atoms with Crippen molar-refractivity contribution in [2.75, 3.05) is 26.4 Å². The lowest BCUT2D eigenvalue weighted by molar-refractivity contribution is -0.140. The molecule has 0 radical (unpaired) electrons. The monoisotopic (exact) mass is 309 g/mol. The first kappa shape index (κ1) is 15.0. The first-order valence-corrected chi connectivity index (χ1v) is 8.71. The van der Waals surface area contributed by atoms with Gasteiger partial charge in [-0.15, -0.1) is 11.3 Å². The largest absolute Gasteiger partial charge is 0.381 e. The second-order valence-electron chi connectivity index (χ2n) is 5.82. The standard InChI is InChI=1S/C16H23NO3S/c18-16(13-5-8-19-9-6-13)17(11-14-3-1-7-20-14)12-15-4-2-10-21-15/h2,4,10,13-14H,1,3,5-9,11-12H2. The van der Waals surface area contributed by atoms with Gasteiger partial charge in [0.1, 0.15) is 0 Å². The van der Waals surface area contributed by atoms with Crippen molar-refractivity contribution in [1.29, 1.82) is 0 Å². The summed E-state index contributed by atoms with van der Waals surface area (Å²) in [5.74, 6) is 0.405. The molecule has 0 N–H and O–H groups in total. The van der Waals surface area contributed by atoms with Crippen LogP contribution in [-0.4, -0.2) is 43.3 Å². The van der Waals surface area contributed by atoms with E-state index in [0.29, 0.717) is 19.8 Å². The number of thiophene rings is 1. The predicted molar refractivity (Wildman–Crippen MR) is 82.3 cm³/mol. The van der Waals surface area contributed by atoms with E-state index < -0.39 is 0 Å². The quantitative estimate of drug-likeness (QED) is 0.839. The minimum atomic E-state index is 0.125. The maximum absolute atomic E-state index is 12.8. The minimum Gasteiger partial charge on any atom is -0.381 e. The Kier molecular flexibility index (Phi) is 5.27. The summed E-state index contributed by atoms with van der Waals surface area (Å²) in [6.45, 7) is 3.71. The average Bonchev–Trinajstić information content (AvgIpc) is 3.20. The van der Waals surface area contributed by atoms with Crippen LogP contribution in [0.3, 0.4) is 0 Å². The van der Waals surface area contributed by atoms with Gasteiger partial charge in [0.15, 0.2) is 0 Å². The highest BCUT2D eigenvalue weighted by Crippen LogP contribution is 2.22. The Hall–Kier alpha value is -0.910. The fraction of sp³-hybridized carbons (Fsp3) is 0.688. The zero-order valence-corrected chi connectivity index (χ0v) is 13.1. The van der Waals surface area contributed by atoms with Gasteiger partial charge in [-0.05, 0) is 37.1 Å². The normalized spacial score (nSPS) is 23.3. The second-order valence-corrected chi connectivity index (χ2v) is 6.85. The Labute approximate surface area is 130 Å². The SMILES string of the molecule is O=C(C1CCOCC1)N(Cc1cccs1)CC1CCCO1. The van der Waals surface area contributed by atoms with Crippen molar-refractivity contribution in [1.82, 2.24) is 4.90 Å². The molecule has 2 aliphatic heterocycles. The van der Waals surface area contributed by atoms with Gasteiger partial charge >= 0.3 is 0 Å². The fourth-order valence-electron chi connectivity index (χ4n) is 3.06. The molecular weight excluding hydrogens is 286 g/mol. The molecule has 116 valence electrons. The Bertz CT molecular complexity index is 436. The van der Waals surface area contributed by atoms with Crippen LogP contribution in [0.4, 0.5) is 0 Å². The summed E-state index contributed by atoms with van der Waals surface area (Å²) in [5.41, 5.74) is 0. The van der Waals surface area contributed by atoms with E-state index in [1.165, 1.54) is 4.88 Å². The zero-order valence-electron chi connectivity index (χ0n) is 12.3. The highest BCUT2D eigenvalue weighted by atomic mass is 32.1. The lowest BCUT2D eigenvalue weighted by Gasteiger charge is -2.30. The summed E-state index contributed by atoms with van der Waals surface area (Å²) >= 11 is 1.71. The molecule has 1 atom stereocenters. The Morgan fingerprint density at radius 1 is 1.29 bits per heavy atom. The molecule has 0 aliphatic carbocycles. The van der Waals surface area contributed by atoms with E-state index >= 15 is 0 Å². The van der Waals surface area contributed by atoms with Crippen molar-refractivity contribution in [3.05, 3.63) is 22.4 Å². The third-order valence-electron chi connectivity index (χ3n) is 4.26. The third kappa shape index (κ3) is 4.05. The van der Waals surface area contributed by atoms with Gasteiger partial charge in [-0.1, -0.05) is 6.07 Å². The number of hydrogen-bond donors (Lipinski definition) is 0. The fourth-order valence-corrected chi connectivity index (χ4v) is 3.78. The number of ether oxygens (including phenoxy) is 2. The Morgan fingerprint density at radius 2 is 2.14 bits per heavy atom. The Balaban J connectivity index is 1.65. The van der Waals surface area contributed by atoms with Crippen LogP contribution >= 0.6 is 11.3 Å². The highest BCUT2D eigenvalue weighted by Gasteiger charge is 2.29. The maximum atomic E-state index is 12.8. The van der Waals surface area contributed by atoms with Crippen molar-refractivity contribution in [3.63, 3.8) is 0 Å². The van der Waals surface area contributed by atoms with Gasteiger partial charge in [-0.25, -0.2) is 0 Å². The van der Waals surface area contributed by atoms with Crippen LogP contribution in [0.5, 0.6) is 0 Å². The van der Waals surface area contributed by atoms with Crippen LogP contribution in [0.25, 0.3) is 0 Å². The summed E-state index contributed by atoms with van der Waals surface area (Å²) < 4.78 is 11.1. The number of carbonyl (C=O) groups excluding carboxylic acids is 1. The lowest BCUT2D eigenvalue weighted by Crippen LogP contribution is -2.41.